The van der Waals surface area contributed by atoms with Crippen molar-refractivity contribution >= 4 is 0 Å². The highest BCUT2D eigenvalue weighted by molar-refractivity contribution is 4.87. The summed E-state index contributed by atoms with van der Waals surface area (Å²) in [6, 6.07) is 0.926. The van der Waals surface area contributed by atoms with Crippen molar-refractivity contribution in [2.24, 2.45) is 11.8 Å². The average Bonchev–Trinajstić information content (AvgIpc) is 2.60. The number of likely N-dealkylation sites (tertiary alicyclic amines) is 1. The van der Waals surface area contributed by atoms with Gasteiger partial charge in [-0.1, -0.05) is 19.3 Å². The van der Waals surface area contributed by atoms with Crippen molar-refractivity contribution in [1.29, 1.82) is 0 Å². The average molecular weight is 250 g/mol. The summed E-state index contributed by atoms with van der Waals surface area (Å²) >= 11 is 0. The van der Waals surface area contributed by atoms with Crippen molar-refractivity contribution < 1.29 is 0 Å². The van der Waals surface area contributed by atoms with Gasteiger partial charge < -0.3 is 5.32 Å². The van der Waals surface area contributed by atoms with Crippen molar-refractivity contribution in [1.82, 2.24) is 10.2 Å². The molecule has 3 rings (SSSR count). The number of hydrogen-bond donors (Lipinski definition) is 1. The zero-order valence-corrected chi connectivity index (χ0v) is 11.9. The number of piperidine rings is 1. The Morgan fingerprint density at radius 1 is 0.833 bits per heavy atom. The second-order valence-electron chi connectivity index (χ2n) is 6.80. The van der Waals surface area contributed by atoms with E-state index in [0.29, 0.717) is 0 Å². The lowest BCUT2D eigenvalue weighted by Crippen LogP contribution is -2.46. The third-order valence-electron chi connectivity index (χ3n) is 5.56. The normalized spacial score (nSPS) is 33.0. The lowest BCUT2D eigenvalue weighted by atomic mass is 9.82. The summed E-state index contributed by atoms with van der Waals surface area (Å²) in [5.74, 6) is 2.04. The molecule has 0 spiro atoms. The van der Waals surface area contributed by atoms with Crippen LogP contribution in [0, 0.1) is 11.8 Å². The molecule has 1 saturated carbocycles. The summed E-state index contributed by atoms with van der Waals surface area (Å²) in [6.45, 7) is 5.34. The summed E-state index contributed by atoms with van der Waals surface area (Å²) < 4.78 is 0. The summed E-state index contributed by atoms with van der Waals surface area (Å²) in [5, 5.41) is 3.53. The molecule has 1 atom stereocenters. The van der Waals surface area contributed by atoms with Crippen LogP contribution in [0.25, 0.3) is 0 Å². The number of hydrogen-bond acceptors (Lipinski definition) is 2. The van der Waals surface area contributed by atoms with Crippen molar-refractivity contribution in [3.05, 3.63) is 0 Å². The van der Waals surface area contributed by atoms with E-state index in [1.807, 2.05) is 0 Å². The number of rotatable bonds is 3. The first kappa shape index (κ1) is 12.9. The fourth-order valence-corrected chi connectivity index (χ4v) is 4.19. The molecule has 3 fully saturated rings. The molecular weight excluding hydrogens is 220 g/mol. The van der Waals surface area contributed by atoms with E-state index in [4.69, 9.17) is 0 Å². The molecule has 2 heteroatoms. The molecule has 0 bridgehead atoms. The standard InChI is InChI=1S/C16H30N2/c1-2-7-16(15-8-10-17-11-9-15)18(12-3-1)13-14-5-4-6-14/h14-17H,1-13H2. The third-order valence-corrected chi connectivity index (χ3v) is 5.56. The van der Waals surface area contributed by atoms with Gasteiger partial charge in [0.2, 0.25) is 0 Å². The molecule has 1 aliphatic carbocycles. The molecule has 0 radical (unpaired) electrons. The highest BCUT2D eigenvalue weighted by Gasteiger charge is 2.31. The van der Waals surface area contributed by atoms with Crippen molar-refractivity contribution in [3.8, 4) is 0 Å². The first-order valence-electron chi connectivity index (χ1n) is 8.38. The van der Waals surface area contributed by atoms with E-state index >= 15 is 0 Å². The van der Waals surface area contributed by atoms with Gasteiger partial charge in [-0.3, -0.25) is 4.90 Å². The second-order valence-corrected chi connectivity index (χ2v) is 6.80. The smallest absolute Gasteiger partial charge is 0.0125 e. The fraction of sp³-hybridized carbons (Fsp3) is 1.00. The van der Waals surface area contributed by atoms with Gasteiger partial charge in [0.05, 0.1) is 0 Å². The molecule has 0 aromatic carbocycles. The van der Waals surface area contributed by atoms with Crippen LogP contribution in [0.15, 0.2) is 0 Å². The molecule has 2 heterocycles. The molecule has 18 heavy (non-hydrogen) atoms. The molecule has 0 amide bonds. The van der Waals surface area contributed by atoms with Crippen LogP contribution in [-0.2, 0) is 0 Å². The third kappa shape index (κ3) is 3.08. The predicted molar refractivity (Wildman–Crippen MR) is 76.8 cm³/mol. The van der Waals surface area contributed by atoms with E-state index in [-0.39, 0.29) is 0 Å². The van der Waals surface area contributed by atoms with Gasteiger partial charge in [0, 0.05) is 12.6 Å². The van der Waals surface area contributed by atoms with E-state index < -0.39 is 0 Å². The van der Waals surface area contributed by atoms with Crippen molar-refractivity contribution in [3.63, 3.8) is 0 Å². The van der Waals surface area contributed by atoms with Gasteiger partial charge in [0.1, 0.15) is 0 Å². The summed E-state index contributed by atoms with van der Waals surface area (Å²) in [6.07, 6.45) is 13.3. The minimum absolute atomic E-state index is 0.926. The van der Waals surface area contributed by atoms with Crippen LogP contribution >= 0.6 is 0 Å². The van der Waals surface area contributed by atoms with Gasteiger partial charge in [-0.15, -0.1) is 0 Å². The number of nitrogens with zero attached hydrogens (tertiary/aromatic N) is 1. The monoisotopic (exact) mass is 250 g/mol. The molecule has 1 unspecified atom stereocenters. The molecular formula is C16H30N2. The molecule has 0 aromatic heterocycles. The van der Waals surface area contributed by atoms with E-state index in [0.717, 1.165) is 17.9 Å². The van der Waals surface area contributed by atoms with Crippen LogP contribution < -0.4 is 5.32 Å². The molecule has 2 nitrogen and oxygen atoms in total. The maximum atomic E-state index is 3.53. The summed E-state index contributed by atoms with van der Waals surface area (Å²) in [7, 11) is 0. The molecule has 3 aliphatic rings. The van der Waals surface area contributed by atoms with Crippen LogP contribution in [-0.4, -0.2) is 37.1 Å². The largest absolute Gasteiger partial charge is 0.317 e. The molecule has 2 saturated heterocycles. The van der Waals surface area contributed by atoms with Gasteiger partial charge in [0.15, 0.2) is 0 Å². The number of nitrogens with one attached hydrogen (secondary N) is 1. The van der Waals surface area contributed by atoms with Crippen LogP contribution in [0.2, 0.25) is 0 Å². The van der Waals surface area contributed by atoms with Gasteiger partial charge in [-0.2, -0.15) is 0 Å². The fourth-order valence-electron chi connectivity index (χ4n) is 4.19. The van der Waals surface area contributed by atoms with Crippen molar-refractivity contribution in [2.75, 3.05) is 26.2 Å². The first-order valence-corrected chi connectivity index (χ1v) is 8.38. The maximum absolute atomic E-state index is 3.53. The second kappa shape index (κ2) is 6.38. The molecule has 2 aliphatic heterocycles. The Bertz CT molecular complexity index is 243. The summed E-state index contributed by atoms with van der Waals surface area (Å²) in [4.78, 5) is 2.91. The molecule has 104 valence electrons. The van der Waals surface area contributed by atoms with E-state index in [1.54, 1.807) is 0 Å². The van der Waals surface area contributed by atoms with Crippen molar-refractivity contribution in [2.45, 2.75) is 63.8 Å². The first-order chi connectivity index (χ1) is 8.93. The van der Waals surface area contributed by atoms with E-state index in [1.165, 1.54) is 84.0 Å². The molecule has 1 N–H and O–H groups in total. The van der Waals surface area contributed by atoms with Gasteiger partial charge in [-0.25, -0.2) is 0 Å². The Hall–Kier alpha value is -0.0800. The topological polar surface area (TPSA) is 15.3 Å². The Morgan fingerprint density at radius 3 is 2.39 bits per heavy atom. The van der Waals surface area contributed by atoms with Gasteiger partial charge in [0.25, 0.3) is 0 Å². The highest BCUT2D eigenvalue weighted by atomic mass is 15.2. The minimum Gasteiger partial charge on any atom is -0.317 e. The van der Waals surface area contributed by atoms with Crippen LogP contribution in [0.5, 0.6) is 0 Å². The Morgan fingerprint density at radius 2 is 1.67 bits per heavy atom. The highest BCUT2D eigenvalue weighted by Crippen LogP contribution is 2.33. The predicted octanol–water partition coefficient (Wildman–Crippen LogP) is 3.03. The SMILES string of the molecule is C1CCC(C2CCNCC2)N(CC2CCC2)CC1. The Labute approximate surface area is 113 Å². The quantitative estimate of drug-likeness (QED) is 0.828. The van der Waals surface area contributed by atoms with Crippen LogP contribution in [0.1, 0.15) is 57.8 Å². The summed E-state index contributed by atoms with van der Waals surface area (Å²) in [5.41, 5.74) is 0. The zero-order valence-electron chi connectivity index (χ0n) is 11.9. The maximum Gasteiger partial charge on any atom is 0.0125 e. The Balaban J connectivity index is 1.61. The van der Waals surface area contributed by atoms with Gasteiger partial charge >= 0.3 is 0 Å². The molecule has 0 aromatic rings. The van der Waals surface area contributed by atoms with Crippen LogP contribution in [0.3, 0.4) is 0 Å². The zero-order chi connectivity index (χ0) is 12.2. The Kier molecular flexibility index (Phi) is 4.58. The minimum atomic E-state index is 0.926. The lowest BCUT2D eigenvalue weighted by Gasteiger charge is -2.41. The van der Waals surface area contributed by atoms with Gasteiger partial charge in [-0.05, 0) is 70.0 Å². The van der Waals surface area contributed by atoms with E-state index in [9.17, 15) is 0 Å². The van der Waals surface area contributed by atoms with Crippen LogP contribution in [0.4, 0.5) is 0 Å². The lowest BCUT2D eigenvalue weighted by molar-refractivity contribution is 0.0860. The van der Waals surface area contributed by atoms with E-state index in [2.05, 4.69) is 10.2 Å².